The van der Waals surface area contributed by atoms with Crippen molar-refractivity contribution in [3.63, 3.8) is 0 Å². The maximum absolute atomic E-state index is 12.0. The zero-order valence-electron chi connectivity index (χ0n) is 12.8. The third-order valence-corrected chi connectivity index (χ3v) is 5.30. The Kier molecular flexibility index (Phi) is 6.58. The van der Waals surface area contributed by atoms with E-state index in [1.54, 1.807) is 0 Å². The summed E-state index contributed by atoms with van der Waals surface area (Å²) in [5, 5.41) is 3.89. The fraction of sp³-hybridized carbons (Fsp3) is 0.588. The van der Waals surface area contributed by atoms with Crippen LogP contribution in [0.3, 0.4) is 0 Å². The summed E-state index contributed by atoms with van der Waals surface area (Å²) in [7, 11) is 0. The van der Waals surface area contributed by atoms with Gasteiger partial charge in [0.25, 0.3) is 0 Å². The van der Waals surface area contributed by atoms with Gasteiger partial charge in [0, 0.05) is 23.8 Å². The Morgan fingerprint density at radius 2 is 2.14 bits per heavy atom. The Bertz CT molecular complexity index is 438. The van der Waals surface area contributed by atoms with Gasteiger partial charge in [0.15, 0.2) is 0 Å². The molecule has 1 fully saturated rings. The average molecular weight is 306 g/mol. The quantitative estimate of drug-likeness (QED) is 0.813. The maximum atomic E-state index is 12.0. The van der Waals surface area contributed by atoms with Gasteiger partial charge in [-0.25, -0.2) is 0 Å². The minimum absolute atomic E-state index is 0.0519. The van der Waals surface area contributed by atoms with Crippen LogP contribution in [0.1, 0.15) is 50.6 Å². The van der Waals surface area contributed by atoms with Gasteiger partial charge >= 0.3 is 0 Å². The molecule has 1 saturated carbocycles. The average Bonchev–Trinajstić information content (AvgIpc) is 2.93. The summed E-state index contributed by atoms with van der Waals surface area (Å²) in [5.74, 6) is 1.31. The number of hydrogen-bond acceptors (Lipinski definition) is 3. The van der Waals surface area contributed by atoms with Gasteiger partial charge in [0.05, 0.1) is 0 Å². The number of benzene rings is 1. The highest BCUT2D eigenvalue weighted by molar-refractivity contribution is 7.99. The van der Waals surface area contributed by atoms with E-state index in [1.807, 2.05) is 42.1 Å². The lowest BCUT2D eigenvalue weighted by Gasteiger charge is -2.15. The molecule has 0 radical (unpaired) electrons. The van der Waals surface area contributed by atoms with Gasteiger partial charge < -0.3 is 11.1 Å². The fourth-order valence-electron chi connectivity index (χ4n) is 2.91. The van der Waals surface area contributed by atoms with Crippen molar-refractivity contribution in [3.05, 3.63) is 35.9 Å². The van der Waals surface area contributed by atoms with E-state index in [9.17, 15) is 4.79 Å². The number of carbonyl (C=O) groups excluding carboxylic acids is 1. The van der Waals surface area contributed by atoms with Gasteiger partial charge in [0.2, 0.25) is 5.91 Å². The van der Waals surface area contributed by atoms with Crippen LogP contribution < -0.4 is 11.1 Å². The summed E-state index contributed by atoms with van der Waals surface area (Å²) in [5.41, 5.74) is 7.23. The lowest BCUT2D eigenvalue weighted by molar-refractivity contribution is -0.121. The van der Waals surface area contributed by atoms with Crippen molar-refractivity contribution in [1.82, 2.24) is 5.32 Å². The van der Waals surface area contributed by atoms with E-state index < -0.39 is 0 Å². The molecule has 116 valence electrons. The third kappa shape index (κ3) is 5.36. The predicted octanol–water partition coefficient (Wildman–Crippen LogP) is 3.26. The van der Waals surface area contributed by atoms with Crippen LogP contribution >= 0.6 is 11.8 Å². The van der Waals surface area contributed by atoms with Crippen LogP contribution in [0.2, 0.25) is 0 Å². The minimum Gasteiger partial charge on any atom is -0.353 e. The number of carbonyl (C=O) groups is 1. The Balaban J connectivity index is 1.68. The van der Waals surface area contributed by atoms with Gasteiger partial charge in [-0.05, 0) is 37.0 Å². The molecule has 3 atom stereocenters. The van der Waals surface area contributed by atoms with E-state index in [0.717, 1.165) is 29.4 Å². The standard InChI is InChI=1S/C17H26N2OS/c1-2-21-15-9-8-14(12-15)19-17(20)11-10-16(18)13-6-4-3-5-7-13/h3-7,14-16H,2,8-12,18H2,1H3,(H,19,20). The van der Waals surface area contributed by atoms with Crippen molar-refractivity contribution in [3.8, 4) is 0 Å². The SMILES string of the molecule is CCSC1CCC(NC(=O)CCC(N)c2ccccc2)C1. The van der Waals surface area contributed by atoms with Gasteiger partial charge in [-0.1, -0.05) is 37.3 Å². The maximum Gasteiger partial charge on any atom is 0.220 e. The van der Waals surface area contributed by atoms with E-state index in [-0.39, 0.29) is 11.9 Å². The Morgan fingerprint density at radius 3 is 2.86 bits per heavy atom. The number of hydrogen-bond donors (Lipinski definition) is 2. The number of thioether (sulfide) groups is 1. The summed E-state index contributed by atoms with van der Waals surface area (Å²) in [4.78, 5) is 12.0. The second-order valence-corrected chi connectivity index (χ2v) is 7.29. The van der Waals surface area contributed by atoms with E-state index in [1.165, 1.54) is 6.42 Å². The Hall–Kier alpha value is -1.00. The summed E-state index contributed by atoms with van der Waals surface area (Å²) in [6.45, 7) is 2.20. The van der Waals surface area contributed by atoms with Gasteiger partial charge in [0.1, 0.15) is 0 Å². The smallest absolute Gasteiger partial charge is 0.220 e. The first-order valence-corrected chi connectivity index (χ1v) is 8.95. The summed E-state index contributed by atoms with van der Waals surface area (Å²) >= 11 is 2.01. The first-order chi connectivity index (χ1) is 10.2. The van der Waals surface area contributed by atoms with Crippen molar-refractivity contribution in [2.24, 2.45) is 5.73 Å². The molecule has 3 N–H and O–H groups in total. The summed E-state index contributed by atoms with van der Waals surface area (Å²) in [6.07, 6.45) is 4.68. The predicted molar refractivity (Wildman–Crippen MR) is 90.3 cm³/mol. The van der Waals surface area contributed by atoms with Crippen molar-refractivity contribution >= 4 is 17.7 Å². The molecule has 0 aromatic heterocycles. The molecule has 3 unspecified atom stereocenters. The zero-order chi connectivity index (χ0) is 15.1. The Labute approximate surface area is 132 Å². The second-order valence-electron chi connectivity index (χ2n) is 5.71. The van der Waals surface area contributed by atoms with Crippen LogP contribution in [0.5, 0.6) is 0 Å². The largest absolute Gasteiger partial charge is 0.353 e. The van der Waals surface area contributed by atoms with Crippen LogP contribution in [0.4, 0.5) is 0 Å². The van der Waals surface area contributed by atoms with Crippen LogP contribution in [-0.2, 0) is 4.79 Å². The molecule has 1 aromatic rings. The van der Waals surface area contributed by atoms with Crippen molar-refractivity contribution in [1.29, 1.82) is 0 Å². The topological polar surface area (TPSA) is 55.1 Å². The number of nitrogens with two attached hydrogens (primary N) is 1. The molecule has 3 nitrogen and oxygen atoms in total. The van der Waals surface area contributed by atoms with E-state index >= 15 is 0 Å². The van der Waals surface area contributed by atoms with Crippen LogP contribution in [0.15, 0.2) is 30.3 Å². The lowest BCUT2D eigenvalue weighted by Crippen LogP contribution is -2.33. The molecular formula is C17H26N2OS. The third-order valence-electron chi connectivity index (χ3n) is 4.06. The van der Waals surface area contributed by atoms with E-state index in [4.69, 9.17) is 5.73 Å². The normalized spacial score (nSPS) is 23.0. The van der Waals surface area contributed by atoms with Crippen LogP contribution in [0.25, 0.3) is 0 Å². The van der Waals surface area contributed by atoms with Gasteiger partial charge in [-0.15, -0.1) is 0 Å². The number of rotatable bonds is 7. The molecule has 1 aliphatic carbocycles. The van der Waals surface area contributed by atoms with Crippen LogP contribution in [-0.4, -0.2) is 23.0 Å². The summed E-state index contributed by atoms with van der Waals surface area (Å²) in [6, 6.07) is 10.3. The zero-order valence-corrected chi connectivity index (χ0v) is 13.6. The molecule has 0 bridgehead atoms. The molecule has 1 amide bonds. The number of nitrogens with one attached hydrogen (secondary N) is 1. The number of amides is 1. The van der Waals surface area contributed by atoms with E-state index in [2.05, 4.69) is 12.2 Å². The summed E-state index contributed by atoms with van der Waals surface area (Å²) < 4.78 is 0. The van der Waals surface area contributed by atoms with Crippen LogP contribution in [0, 0.1) is 0 Å². The molecule has 0 aliphatic heterocycles. The molecule has 21 heavy (non-hydrogen) atoms. The minimum atomic E-state index is -0.0519. The highest BCUT2D eigenvalue weighted by Crippen LogP contribution is 2.29. The second kappa shape index (κ2) is 8.44. The highest BCUT2D eigenvalue weighted by Gasteiger charge is 2.25. The molecule has 1 aliphatic rings. The molecule has 2 rings (SSSR count). The monoisotopic (exact) mass is 306 g/mol. The van der Waals surface area contributed by atoms with Crippen molar-refractivity contribution in [2.75, 3.05) is 5.75 Å². The first-order valence-electron chi connectivity index (χ1n) is 7.90. The van der Waals surface area contributed by atoms with Crippen molar-refractivity contribution in [2.45, 2.75) is 56.4 Å². The van der Waals surface area contributed by atoms with E-state index in [0.29, 0.717) is 18.9 Å². The fourth-order valence-corrected chi connectivity index (χ4v) is 4.05. The molecule has 0 spiro atoms. The van der Waals surface area contributed by atoms with Gasteiger partial charge in [-0.3, -0.25) is 4.79 Å². The molecular weight excluding hydrogens is 280 g/mol. The molecule has 4 heteroatoms. The Morgan fingerprint density at radius 1 is 1.38 bits per heavy atom. The van der Waals surface area contributed by atoms with Crippen molar-refractivity contribution < 1.29 is 4.79 Å². The first kappa shape index (κ1) is 16.4. The highest BCUT2D eigenvalue weighted by atomic mass is 32.2. The molecule has 0 heterocycles. The molecule has 0 saturated heterocycles. The lowest BCUT2D eigenvalue weighted by atomic mass is 10.0. The van der Waals surface area contributed by atoms with Gasteiger partial charge in [-0.2, -0.15) is 11.8 Å². The molecule has 1 aromatic carbocycles.